The van der Waals surface area contributed by atoms with Gasteiger partial charge in [-0.25, -0.2) is 9.59 Å². The number of nitrogens with two attached hydrogens (primary N) is 1. The summed E-state index contributed by atoms with van der Waals surface area (Å²) in [6.45, 7) is 3.44. The number of carbonyl (C=O) groups excluding carboxylic acids is 1. The van der Waals surface area contributed by atoms with Crippen LogP contribution in [0.5, 0.6) is 5.75 Å². The molecule has 9 nitrogen and oxygen atoms in total. The van der Waals surface area contributed by atoms with Crippen LogP contribution in [-0.4, -0.2) is 48.5 Å². The zero-order valence-corrected chi connectivity index (χ0v) is 15.1. The largest absolute Gasteiger partial charge is 0.462 e. The lowest BCUT2D eigenvalue weighted by Gasteiger charge is -2.47. The third-order valence-electron chi connectivity index (χ3n) is 4.37. The minimum absolute atomic E-state index is 0.366. The van der Waals surface area contributed by atoms with Crippen molar-refractivity contribution in [3.05, 3.63) is 40.8 Å². The van der Waals surface area contributed by atoms with Crippen LogP contribution < -0.4 is 16.1 Å². The maximum Gasteiger partial charge on any atom is 0.404 e. The average molecular weight is 379 g/mol. The quantitative estimate of drug-likeness (QED) is 0.757. The summed E-state index contributed by atoms with van der Waals surface area (Å²) >= 11 is 0. The molecule has 2 aromatic rings. The second-order valence-corrected chi connectivity index (χ2v) is 6.71. The van der Waals surface area contributed by atoms with Crippen LogP contribution in [0.15, 0.2) is 39.5 Å². The first kappa shape index (κ1) is 19.2. The molecule has 1 unspecified atom stereocenters. The summed E-state index contributed by atoms with van der Waals surface area (Å²) in [6.07, 6.45) is -5.38. The van der Waals surface area contributed by atoms with Gasteiger partial charge in [0.1, 0.15) is 17.4 Å². The number of hydrogen-bond donors (Lipinski definition) is 2. The normalized spacial score (nSPS) is 27.3. The number of hydrogen-bond acceptors (Lipinski definition) is 8. The highest BCUT2D eigenvalue weighted by atomic mass is 16.7. The summed E-state index contributed by atoms with van der Waals surface area (Å²) in [7, 11) is 1.41. The number of methoxy groups -OCH3 is 1. The third kappa shape index (κ3) is 3.90. The summed E-state index contributed by atoms with van der Waals surface area (Å²) in [5.74, 6) is 0.366. The molecule has 146 valence electrons. The van der Waals surface area contributed by atoms with Gasteiger partial charge in [0, 0.05) is 18.6 Å². The van der Waals surface area contributed by atoms with E-state index >= 15 is 0 Å². The van der Waals surface area contributed by atoms with Crippen molar-refractivity contribution in [2.24, 2.45) is 5.73 Å². The molecule has 0 spiro atoms. The molecule has 1 aliphatic rings. The van der Waals surface area contributed by atoms with Gasteiger partial charge in [-0.1, -0.05) is 0 Å². The molecule has 0 saturated carbocycles. The van der Waals surface area contributed by atoms with Crippen molar-refractivity contribution in [1.29, 1.82) is 0 Å². The Kier molecular flexibility index (Phi) is 5.09. The van der Waals surface area contributed by atoms with Gasteiger partial charge in [-0.2, -0.15) is 0 Å². The molecule has 2 heterocycles. The van der Waals surface area contributed by atoms with Gasteiger partial charge in [-0.05, 0) is 38.1 Å². The third-order valence-corrected chi connectivity index (χ3v) is 4.37. The summed E-state index contributed by atoms with van der Waals surface area (Å²) in [6, 6.07) is 7.66. The molecule has 3 N–H and O–H groups in total. The molecule has 1 aromatic carbocycles. The molecule has 0 bridgehead atoms. The van der Waals surface area contributed by atoms with Crippen LogP contribution in [0.4, 0.5) is 4.79 Å². The van der Waals surface area contributed by atoms with Crippen molar-refractivity contribution < 1.29 is 33.3 Å². The number of ether oxygens (including phenoxy) is 4. The van der Waals surface area contributed by atoms with Gasteiger partial charge < -0.3 is 34.2 Å². The predicted molar refractivity (Wildman–Crippen MR) is 93.3 cm³/mol. The SMILES string of the molecule is CO[C@@H]1[C@H](OC(N)=O)[C@H](O)C(Oc2ccc3oc(=O)ccc3c2)OC1(C)C. The Morgan fingerprint density at radius 1 is 1.26 bits per heavy atom. The van der Waals surface area contributed by atoms with Crippen molar-refractivity contribution in [3.63, 3.8) is 0 Å². The first-order valence-corrected chi connectivity index (χ1v) is 8.26. The predicted octanol–water partition coefficient (Wildman–Crippen LogP) is 1.15. The Hall–Kier alpha value is -2.62. The van der Waals surface area contributed by atoms with E-state index in [-0.39, 0.29) is 0 Å². The van der Waals surface area contributed by atoms with E-state index < -0.39 is 41.9 Å². The highest BCUT2D eigenvalue weighted by Crippen LogP contribution is 2.34. The summed E-state index contributed by atoms with van der Waals surface area (Å²) in [5, 5.41) is 11.2. The van der Waals surface area contributed by atoms with Crippen molar-refractivity contribution in [2.75, 3.05) is 7.11 Å². The van der Waals surface area contributed by atoms with E-state index in [2.05, 4.69) is 0 Å². The topological polar surface area (TPSA) is 130 Å². The molecule has 1 saturated heterocycles. The van der Waals surface area contributed by atoms with E-state index in [0.717, 1.165) is 0 Å². The lowest BCUT2D eigenvalue weighted by Crippen LogP contribution is -2.65. The van der Waals surface area contributed by atoms with Gasteiger partial charge >= 0.3 is 11.7 Å². The smallest absolute Gasteiger partial charge is 0.404 e. The molecule has 9 heteroatoms. The van der Waals surface area contributed by atoms with E-state index in [0.29, 0.717) is 16.7 Å². The molecule has 1 aromatic heterocycles. The highest BCUT2D eigenvalue weighted by molar-refractivity contribution is 5.77. The zero-order valence-electron chi connectivity index (χ0n) is 15.1. The molecule has 4 atom stereocenters. The number of rotatable bonds is 4. The Bertz CT molecular complexity index is 892. The molecule has 1 amide bonds. The highest BCUT2D eigenvalue weighted by Gasteiger charge is 2.53. The van der Waals surface area contributed by atoms with Gasteiger partial charge in [-0.15, -0.1) is 0 Å². The van der Waals surface area contributed by atoms with Crippen molar-refractivity contribution in [1.82, 2.24) is 0 Å². The van der Waals surface area contributed by atoms with Crippen LogP contribution in [0.3, 0.4) is 0 Å². The van der Waals surface area contributed by atoms with E-state index in [4.69, 9.17) is 29.1 Å². The van der Waals surface area contributed by atoms with Crippen LogP contribution in [0, 0.1) is 0 Å². The zero-order chi connectivity index (χ0) is 19.8. The minimum Gasteiger partial charge on any atom is -0.462 e. The fourth-order valence-corrected chi connectivity index (χ4v) is 3.20. The fraction of sp³-hybridized carbons (Fsp3) is 0.444. The van der Waals surface area contributed by atoms with Crippen molar-refractivity contribution >= 4 is 17.1 Å². The van der Waals surface area contributed by atoms with E-state index in [9.17, 15) is 14.7 Å². The van der Waals surface area contributed by atoms with Crippen LogP contribution in [0.25, 0.3) is 11.0 Å². The molecular formula is C18H21NO8. The summed E-state index contributed by atoms with van der Waals surface area (Å²) < 4.78 is 27.1. The lowest BCUT2D eigenvalue weighted by molar-refractivity contribution is -0.304. The number of aliphatic hydroxyl groups excluding tert-OH is 1. The van der Waals surface area contributed by atoms with Crippen LogP contribution in [0.2, 0.25) is 0 Å². The van der Waals surface area contributed by atoms with Gasteiger partial charge in [0.2, 0.25) is 6.29 Å². The fourth-order valence-electron chi connectivity index (χ4n) is 3.20. The van der Waals surface area contributed by atoms with Crippen molar-refractivity contribution in [3.8, 4) is 5.75 Å². The molecule has 1 aliphatic heterocycles. The molecular weight excluding hydrogens is 358 g/mol. The van der Waals surface area contributed by atoms with E-state index in [1.54, 1.807) is 38.1 Å². The molecule has 3 rings (SSSR count). The van der Waals surface area contributed by atoms with Gasteiger partial charge in [0.05, 0.1) is 5.60 Å². The number of primary amides is 1. The van der Waals surface area contributed by atoms with Gasteiger partial charge in [0.25, 0.3) is 0 Å². The van der Waals surface area contributed by atoms with Gasteiger partial charge in [0.15, 0.2) is 12.2 Å². The second-order valence-electron chi connectivity index (χ2n) is 6.71. The van der Waals surface area contributed by atoms with Crippen LogP contribution >= 0.6 is 0 Å². The number of aliphatic hydroxyl groups is 1. The molecule has 0 radical (unpaired) electrons. The number of fused-ring (bicyclic) bond motifs is 1. The Balaban J connectivity index is 1.88. The maximum atomic E-state index is 11.3. The second kappa shape index (κ2) is 7.18. The molecule has 27 heavy (non-hydrogen) atoms. The lowest BCUT2D eigenvalue weighted by atomic mass is 9.89. The first-order valence-electron chi connectivity index (χ1n) is 8.26. The Morgan fingerprint density at radius 2 is 2.00 bits per heavy atom. The molecule has 0 aliphatic carbocycles. The van der Waals surface area contributed by atoms with E-state index in [1.807, 2.05) is 0 Å². The van der Waals surface area contributed by atoms with E-state index in [1.165, 1.54) is 13.2 Å². The standard InChI is InChI=1S/C18H21NO8/c1-18(2)15(23-3)14(26-17(19)22)13(21)16(27-18)24-10-5-6-11-9(8-10)4-7-12(20)25-11/h4-8,13-16,21H,1-3H3,(H2,19,22)/t13-,14+,15+,16?/m0/s1. The van der Waals surface area contributed by atoms with Crippen molar-refractivity contribution in [2.45, 2.75) is 44.1 Å². The first-order chi connectivity index (χ1) is 12.7. The number of benzene rings is 1. The minimum atomic E-state index is -1.35. The van der Waals surface area contributed by atoms with Crippen LogP contribution in [0.1, 0.15) is 13.8 Å². The molecule has 1 fully saturated rings. The Morgan fingerprint density at radius 3 is 2.67 bits per heavy atom. The monoisotopic (exact) mass is 379 g/mol. The Labute approximate surface area is 154 Å². The summed E-state index contributed by atoms with van der Waals surface area (Å²) in [4.78, 5) is 22.5. The van der Waals surface area contributed by atoms with Gasteiger partial charge in [-0.3, -0.25) is 0 Å². The maximum absolute atomic E-state index is 11.3. The number of amides is 1. The van der Waals surface area contributed by atoms with Crippen LogP contribution in [-0.2, 0) is 14.2 Å². The summed E-state index contributed by atoms with van der Waals surface area (Å²) in [5.41, 5.74) is 4.12. The average Bonchev–Trinajstić information content (AvgIpc) is 2.58. The number of carbonyl (C=O) groups is 1.